The zero-order valence-corrected chi connectivity index (χ0v) is 21.6. The molecule has 0 bridgehead atoms. The summed E-state index contributed by atoms with van der Waals surface area (Å²) >= 11 is 0. The molecule has 1 saturated heterocycles. The molecule has 0 N–H and O–H groups in total. The van der Waals surface area contributed by atoms with Crippen LogP contribution >= 0.6 is 0 Å². The normalized spacial score (nSPS) is 23.6. The van der Waals surface area contributed by atoms with E-state index in [4.69, 9.17) is 4.74 Å². The standard InChI is InChI=1S/C31H26F8O/c1-16-2-7-27(40-15-16)18-5-3-17(4-6-18)19-11-24(33)28(25(34)12-19)20-10-21-13-23(32)22(8-9-31(37,38)39)30(36)29(21)26(35)14-20/h10-14,16-18,27H,2-7,15H2,1H3. The van der Waals surface area contributed by atoms with E-state index in [1.165, 1.54) is 18.1 Å². The highest BCUT2D eigenvalue weighted by molar-refractivity contribution is 5.90. The molecule has 3 aromatic carbocycles. The predicted octanol–water partition coefficient (Wildman–Crippen LogP) is 9.20. The Morgan fingerprint density at radius 1 is 0.775 bits per heavy atom. The molecule has 9 heteroatoms. The van der Waals surface area contributed by atoms with Crippen molar-refractivity contribution in [1.29, 1.82) is 0 Å². The first kappa shape index (κ1) is 28.4. The minimum Gasteiger partial charge on any atom is -0.378 e. The molecule has 1 heterocycles. The number of hydrogen-bond donors (Lipinski definition) is 0. The molecule has 1 aliphatic carbocycles. The van der Waals surface area contributed by atoms with Crippen LogP contribution in [0.3, 0.4) is 0 Å². The average Bonchev–Trinajstić information content (AvgIpc) is 2.87. The fraction of sp³-hybridized carbons (Fsp3) is 0.419. The third kappa shape index (κ3) is 5.83. The van der Waals surface area contributed by atoms with E-state index in [-0.39, 0.29) is 17.6 Å². The summed E-state index contributed by atoms with van der Waals surface area (Å²) in [6.45, 7) is 2.92. The van der Waals surface area contributed by atoms with Gasteiger partial charge in [0, 0.05) is 12.5 Å². The second-order valence-electron chi connectivity index (χ2n) is 10.9. The first-order valence-electron chi connectivity index (χ1n) is 13.2. The summed E-state index contributed by atoms with van der Waals surface area (Å²) in [5.41, 5.74) is -1.63. The minimum atomic E-state index is -5.01. The summed E-state index contributed by atoms with van der Waals surface area (Å²) in [5.74, 6) is -3.29. The zero-order valence-electron chi connectivity index (χ0n) is 21.6. The summed E-state index contributed by atoms with van der Waals surface area (Å²) in [7, 11) is 0. The molecule has 0 spiro atoms. The Labute approximate surface area is 226 Å². The van der Waals surface area contributed by atoms with E-state index in [1.807, 2.05) is 0 Å². The van der Waals surface area contributed by atoms with Gasteiger partial charge in [0.2, 0.25) is 0 Å². The minimum absolute atomic E-state index is 0.0513. The molecule has 0 aromatic heterocycles. The van der Waals surface area contributed by atoms with Gasteiger partial charge in [0.15, 0.2) is 5.82 Å². The number of fused-ring (bicyclic) bond motifs is 1. The molecular formula is C31H26F8O. The summed E-state index contributed by atoms with van der Waals surface area (Å²) in [4.78, 5) is 0. The molecule has 3 aromatic rings. The van der Waals surface area contributed by atoms with E-state index in [9.17, 15) is 26.3 Å². The van der Waals surface area contributed by atoms with Gasteiger partial charge in [0.1, 0.15) is 23.3 Å². The number of ether oxygens (including phenoxy) is 1. The summed E-state index contributed by atoms with van der Waals surface area (Å²) in [6, 6.07) is 4.66. The monoisotopic (exact) mass is 566 g/mol. The number of hydrogen-bond acceptors (Lipinski definition) is 1. The van der Waals surface area contributed by atoms with Crippen molar-refractivity contribution in [2.24, 2.45) is 11.8 Å². The van der Waals surface area contributed by atoms with Gasteiger partial charge >= 0.3 is 6.18 Å². The fourth-order valence-corrected chi connectivity index (χ4v) is 6.01. The van der Waals surface area contributed by atoms with Gasteiger partial charge in [0.05, 0.1) is 22.6 Å². The van der Waals surface area contributed by atoms with Crippen molar-refractivity contribution in [2.75, 3.05) is 6.61 Å². The fourth-order valence-electron chi connectivity index (χ4n) is 6.01. The Morgan fingerprint density at radius 3 is 2.05 bits per heavy atom. The van der Waals surface area contributed by atoms with E-state index >= 15 is 8.78 Å². The number of halogens is 8. The number of benzene rings is 3. The van der Waals surface area contributed by atoms with Crippen LogP contribution in [0.15, 0.2) is 30.3 Å². The van der Waals surface area contributed by atoms with Crippen molar-refractivity contribution >= 4 is 10.8 Å². The molecule has 1 saturated carbocycles. The highest BCUT2D eigenvalue weighted by atomic mass is 19.4. The molecule has 1 aliphatic heterocycles. The second kappa shape index (κ2) is 11.0. The first-order valence-corrected chi connectivity index (χ1v) is 13.2. The molecule has 0 radical (unpaired) electrons. The zero-order chi connectivity index (χ0) is 28.8. The van der Waals surface area contributed by atoms with Crippen LogP contribution in [0.1, 0.15) is 62.5 Å². The Bertz CT molecular complexity index is 1460. The highest BCUT2D eigenvalue weighted by Gasteiger charge is 2.32. The highest BCUT2D eigenvalue weighted by Crippen LogP contribution is 2.42. The van der Waals surface area contributed by atoms with E-state index < -0.39 is 57.2 Å². The third-order valence-electron chi connectivity index (χ3n) is 8.07. The van der Waals surface area contributed by atoms with E-state index in [0.717, 1.165) is 57.1 Å². The van der Waals surface area contributed by atoms with Crippen molar-refractivity contribution in [3.8, 4) is 23.0 Å². The molecule has 1 nitrogen and oxygen atoms in total. The summed E-state index contributed by atoms with van der Waals surface area (Å²) in [5, 5.41) is -1.25. The number of rotatable bonds is 3. The molecule has 40 heavy (non-hydrogen) atoms. The van der Waals surface area contributed by atoms with Crippen molar-refractivity contribution in [2.45, 2.75) is 63.6 Å². The van der Waals surface area contributed by atoms with Crippen LogP contribution in [0.25, 0.3) is 21.9 Å². The van der Waals surface area contributed by atoms with Crippen LogP contribution in [0.4, 0.5) is 35.1 Å². The lowest BCUT2D eigenvalue weighted by Crippen LogP contribution is -2.33. The van der Waals surface area contributed by atoms with Crippen molar-refractivity contribution in [3.05, 3.63) is 70.5 Å². The second-order valence-corrected chi connectivity index (χ2v) is 10.9. The van der Waals surface area contributed by atoms with Gasteiger partial charge in [-0.2, -0.15) is 13.2 Å². The van der Waals surface area contributed by atoms with Gasteiger partial charge in [-0.25, -0.2) is 22.0 Å². The Kier molecular flexibility index (Phi) is 7.84. The van der Waals surface area contributed by atoms with Crippen molar-refractivity contribution in [1.82, 2.24) is 0 Å². The lowest BCUT2D eigenvalue weighted by molar-refractivity contribution is -0.0696. The first-order chi connectivity index (χ1) is 18.9. The smallest absolute Gasteiger partial charge is 0.378 e. The van der Waals surface area contributed by atoms with Gasteiger partial charge in [-0.15, -0.1) is 0 Å². The Morgan fingerprint density at radius 2 is 1.45 bits per heavy atom. The van der Waals surface area contributed by atoms with Gasteiger partial charge in [-0.3, -0.25) is 0 Å². The SMILES string of the molecule is CC1CCC(C2CCC(c3cc(F)c(-c4cc(F)c5c(F)c(C#CC(F)(F)F)c(F)cc5c4)c(F)c3)CC2)OC1. The molecule has 0 amide bonds. The lowest BCUT2D eigenvalue weighted by Gasteiger charge is -2.37. The summed E-state index contributed by atoms with van der Waals surface area (Å²) < 4.78 is 118. The quantitative estimate of drug-likeness (QED) is 0.227. The maximum Gasteiger partial charge on any atom is 0.458 e. The van der Waals surface area contributed by atoms with Gasteiger partial charge in [0.25, 0.3) is 0 Å². The van der Waals surface area contributed by atoms with Crippen LogP contribution in [-0.4, -0.2) is 18.9 Å². The van der Waals surface area contributed by atoms with Gasteiger partial charge < -0.3 is 4.74 Å². The van der Waals surface area contributed by atoms with Crippen LogP contribution in [0, 0.1) is 52.8 Å². The topological polar surface area (TPSA) is 9.23 Å². The lowest BCUT2D eigenvalue weighted by atomic mass is 9.75. The van der Waals surface area contributed by atoms with Gasteiger partial charge in [-0.1, -0.05) is 12.8 Å². The molecular weight excluding hydrogens is 540 g/mol. The van der Waals surface area contributed by atoms with Crippen LogP contribution in [0.5, 0.6) is 0 Å². The maximum atomic E-state index is 15.3. The molecule has 2 unspecified atom stereocenters. The van der Waals surface area contributed by atoms with Crippen molar-refractivity contribution in [3.63, 3.8) is 0 Å². The predicted molar refractivity (Wildman–Crippen MR) is 135 cm³/mol. The van der Waals surface area contributed by atoms with E-state index in [1.54, 1.807) is 0 Å². The van der Waals surface area contributed by atoms with E-state index in [2.05, 4.69) is 6.92 Å². The average molecular weight is 567 g/mol. The van der Waals surface area contributed by atoms with Crippen LogP contribution in [0.2, 0.25) is 0 Å². The molecule has 2 atom stereocenters. The molecule has 5 rings (SSSR count). The van der Waals surface area contributed by atoms with Gasteiger partial charge in [-0.05, 0) is 103 Å². The van der Waals surface area contributed by atoms with Crippen LogP contribution < -0.4 is 0 Å². The van der Waals surface area contributed by atoms with Crippen LogP contribution in [-0.2, 0) is 4.74 Å². The largest absolute Gasteiger partial charge is 0.458 e. The van der Waals surface area contributed by atoms with Crippen molar-refractivity contribution < 1.29 is 39.9 Å². The molecule has 2 aliphatic rings. The Hall–Kier alpha value is -3.12. The van der Waals surface area contributed by atoms with E-state index in [0.29, 0.717) is 29.5 Å². The maximum absolute atomic E-state index is 15.3. The number of alkyl halides is 3. The molecule has 212 valence electrons. The molecule has 2 fully saturated rings. The summed E-state index contributed by atoms with van der Waals surface area (Å²) in [6.07, 6.45) is 0.630. The Balaban J connectivity index is 1.41. The third-order valence-corrected chi connectivity index (χ3v) is 8.07.